The largest absolute Gasteiger partial charge is 0.493 e. The number of aromatic nitrogens is 2. The fourth-order valence-corrected chi connectivity index (χ4v) is 2.81. The summed E-state index contributed by atoms with van der Waals surface area (Å²) in [6.07, 6.45) is 2.91. The molecule has 0 radical (unpaired) electrons. The second-order valence-electron chi connectivity index (χ2n) is 5.65. The van der Waals surface area contributed by atoms with Gasteiger partial charge < -0.3 is 10.1 Å². The van der Waals surface area contributed by atoms with Crippen molar-refractivity contribution in [1.82, 2.24) is 15.1 Å². The first-order valence-corrected chi connectivity index (χ1v) is 7.80. The maximum Gasteiger partial charge on any atom is 0.161 e. The van der Waals surface area contributed by atoms with E-state index in [2.05, 4.69) is 38.1 Å². The lowest BCUT2D eigenvalue weighted by Gasteiger charge is -2.24. The van der Waals surface area contributed by atoms with Crippen LogP contribution in [0, 0.1) is 0 Å². The summed E-state index contributed by atoms with van der Waals surface area (Å²) in [4.78, 5) is 0. The zero-order valence-corrected chi connectivity index (χ0v) is 13.8. The number of nitrogens with zero attached hydrogens (tertiary/aromatic N) is 2. The molecule has 5 heteroatoms. The molecule has 1 unspecified atom stereocenters. The molecule has 1 atom stereocenters. The molecular weight excluding hydrogens is 258 g/mol. The fourth-order valence-electron chi connectivity index (χ4n) is 1.87. The summed E-state index contributed by atoms with van der Waals surface area (Å²) in [5, 5.41) is 7.90. The van der Waals surface area contributed by atoms with Crippen molar-refractivity contribution in [3.8, 4) is 5.75 Å². The number of thioether (sulfide) groups is 1. The van der Waals surface area contributed by atoms with Crippen LogP contribution in [0.1, 0.15) is 45.9 Å². The van der Waals surface area contributed by atoms with Gasteiger partial charge in [-0.25, -0.2) is 0 Å². The van der Waals surface area contributed by atoms with E-state index in [1.165, 1.54) is 0 Å². The van der Waals surface area contributed by atoms with Gasteiger partial charge in [-0.3, -0.25) is 4.68 Å². The normalized spacial score (nSPS) is 13.6. The van der Waals surface area contributed by atoms with E-state index in [4.69, 9.17) is 4.74 Å². The van der Waals surface area contributed by atoms with Gasteiger partial charge in [0.1, 0.15) is 0 Å². The summed E-state index contributed by atoms with van der Waals surface area (Å²) in [6, 6.07) is 0.270. The monoisotopic (exact) mass is 285 g/mol. The first-order chi connectivity index (χ1) is 8.89. The highest BCUT2D eigenvalue weighted by molar-refractivity contribution is 8.00. The lowest BCUT2D eigenvalue weighted by atomic mass is 10.2. The Hall–Kier alpha value is -0.680. The van der Waals surface area contributed by atoms with Crippen molar-refractivity contribution in [2.24, 2.45) is 7.05 Å². The highest BCUT2D eigenvalue weighted by Gasteiger charge is 2.22. The average molecular weight is 285 g/mol. The third kappa shape index (κ3) is 5.07. The molecule has 0 saturated carbocycles. The van der Waals surface area contributed by atoms with Crippen LogP contribution in [0.3, 0.4) is 0 Å². The quantitative estimate of drug-likeness (QED) is 0.836. The number of nitrogens with one attached hydrogen (secondary N) is 1. The third-order valence-corrected chi connectivity index (χ3v) is 4.19. The van der Waals surface area contributed by atoms with Crippen LogP contribution in [-0.4, -0.2) is 33.9 Å². The highest BCUT2D eigenvalue weighted by Crippen LogP contribution is 2.31. The van der Waals surface area contributed by atoms with E-state index in [9.17, 15) is 0 Å². The molecule has 1 heterocycles. The van der Waals surface area contributed by atoms with Gasteiger partial charge in [0, 0.05) is 17.5 Å². The standard InChI is InChI=1S/C14H27N3OS/c1-7-8-15-11(10-19-14(2,3)4)13-12(18-6)9-16-17(13)5/h9,11,15H,7-8,10H2,1-6H3. The molecule has 0 fully saturated rings. The zero-order chi connectivity index (χ0) is 14.5. The maximum absolute atomic E-state index is 5.43. The summed E-state index contributed by atoms with van der Waals surface area (Å²) in [7, 11) is 3.68. The van der Waals surface area contributed by atoms with Gasteiger partial charge in [-0.05, 0) is 13.0 Å². The topological polar surface area (TPSA) is 39.1 Å². The molecule has 1 aromatic rings. The fraction of sp³-hybridized carbons (Fsp3) is 0.786. The van der Waals surface area contributed by atoms with Gasteiger partial charge in [0.25, 0.3) is 0 Å². The summed E-state index contributed by atoms with van der Waals surface area (Å²) < 4.78 is 7.60. The molecule has 1 N–H and O–H groups in total. The number of ether oxygens (including phenoxy) is 1. The van der Waals surface area contributed by atoms with Gasteiger partial charge in [-0.1, -0.05) is 27.7 Å². The van der Waals surface area contributed by atoms with Gasteiger partial charge in [0.05, 0.1) is 25.0 Å². The molecule has 19 heavy (non-hydrogen) atoms. The minimum atomic E-state index is 0.262. The van der Waals surface area contributed by atoms with Crippen LogP contribution in [0.5, 0.6) is 5.75 Å². The molecule has 1 rings (SSSR count). The Bertz CT molecular complexity index is 385. The molecular formula is C14H27N3OS. The molecule has 0 bridgehead atoms. The zero-order valence-electron chi connectivity index (χ0n) is 13.0. The van der Waals surface area contributed by atoms with Gasteiger partial charge >= 0.3 is 0 Å². The molecule has 4 nitrogen and oxygen atoms in total. The molecule has 0 aliphatic rings. The molecule has 110 valence electrons. The van der Waals surface area contributed by atoms with Gasteiger partial charge in [-0.2, -0.15) is 16.9 Å². The first-order valence-electron chi connectivity index (χ1n) is 6.82. The van der Waals surface area contributed by atoms with E-state index < -0.39 is 0 Å². The first kappa shape index (κ1) is 16.4. The Labute approximate surface area is 121 Å². The van der Waals surface area contributed by atoms with Crippen molar-refractivity contribution in [2.45, 2.75) is 44.9 Å². The third-order valence-electron chi connectivity index (χ3n) is 2.82. The molecule has 0 aliphatic carbocycles. The predicted octanol–water partition coefficient (Wildman–Crippen LogP) is 3.00. The van der Waals surface area contributed by atoms with E-state index in [0.717, 1.165) is 30.2 Å². The Morgan fingerprint density at radius 1 is 1.47 bits per heavy atom. The maximum atomic E-state index is 5.43. The van der Waals surface area contributed by atoms with Crippen LogP contribution in [0.25, 0.3) is 0 Å². The molecule has 1 aromatic heterocycles. The van der Waals surface area contributed by atoms with Crippen molar-refractivity contribution in [3.63, 3.8) is 0 Å². The van der Waals surface area contributed by atoms with E-state index in [1.807, 2.05) is 23.5 Å². The molecule has 0 aliphatic heterocycles. The smallest absolute Gasteiger partial charge is 0.161 e. The van der Waals surface area contributed by atoms with Crippen molar-refractivity contribution in [2.75, 3.05) is 19.4 Å². The molecule has 0 spiro atoms. The number of hydrogen-bond acceptors (Lipinski definition) is 4. The number of rotatable bonds is 7. The highest BCUT2D eigenvalue weighted by atomic mass is 32.2. The summed E-state index contributed by atoms with van der Waals surface area (Å²) in [5.74, 6) is 1.88. The van der Waals surface area contributed by atoms with E-state index >= 15 is 0 Å². The number of aryl methyl sites for hydroxylation is 1. The minimum absolute atomic E-state index is 0.262. The van der Waals surface area contributed by atoms with E-state index in [0.29, 0.717) is 0 Å². The predicted molar refractivity (Wildman–Crippen MR) is 83.0 cm³/mol. The van der Waals surface area contributed by atoms with Crippen molar-refractivity contribution in [1.29, 1.82) is 0 Å². The Morgan fingerprint density at radius 3 is 2.68 bits per heavy atom. The summed E-state index contributed by atoms with van der Waals surface area (Å²) in [5.41, 5.74) is 1.13. The number of methoxy groups -OCH3 is 1. The second kappa shape index (κ2) is 7.20. The van der Waals surface area contributed by atoms with Crippen LogP contribution in [-0.2, 0) is 7.05 Å². The van der Waals surface area contributed by atoms with Crippen LogP contribution >= 0.6 is 11.8 Å². The lowest BCUT2D eigenvalue weighted by molar-refractivity contribution is 0.398. The van der Waals surface area contributed by atoms with Gasteiger partial charge in [0.15, 0.2) is 5.75 Å². The van der Waals surface area contributed by atoms with Gasteiger partial charge in [0.2, 0.25) is 0 Å². The Kier molecular flexibility index (Phi) is 6.20. The van der Waals surface area contributed by atoms with Crippen LogP contribution in [0.15, 0.2) is 6.20 Å². The van der Waals surface area contributed by atoms with E-state index in [1.54, 1.807) is 13.3 Å². The summed E-state index contributed by atoms with van der Waals surface area (Å²) >= 11 is 1.96. The SMILES string of the molecule is CCCNC(CSC(C)(C)C)c1c(OC)cnn1C. The number of hydrogen-bond donors (Lipinski definition) is 1. The Morgan fingerprint density at radius 2 is 2.16 bits per heavy atom. The van der Waals surface area contributed by atoms with Crippen molar-refractivity contribution < 1.29 is 4.74 Å². The van der Waals surface area contributed by atoms with Crippen LogP contribution in [0.4, 0.5) is 0 Å². The van der Waals surface area contributed by atoms with Crippen molar-refractivity contribution in [3.05, 3.63) is 11.9 Å². The lowest BCUT2D eigenvalue weighted by Crippen LogP contribution is -2.28. The Balaban J connectivity index is 2.85. The molecule has 0 saturated heterocycles. The summed E-state index contributed by atoms with van der Waals surface area (Å²) in [6.45, 7) is 9.92. The minimum Gasteiger partial charge on any atom is -0.493 e. The molecule has 0 aromatic carbocycles. The van der Waals surface area contributed by atoms with E-state index in [-0.39, 0.29) is 10.8 Å². The average Bonchev–Trinajstić information content (AvgIpc) is 2.70. The van der Waals surface area contributed by atoms with Crippen molar-refractivity contribution >= 4 is 11.8 Å². The molecule has 0 amide bonds. The second-order valence-corrected chi connectivity index (χ2v) is 7.50. The van der Waals surface area contributed by atoms with Gasteiger partial charge in [-0.15, -0.1) is 0 Å². The van der Waals surface area contributed by atoms with Crippen LogP contribution in [0.2, 0.25) is 0 Å². The van der Waals surface area contributed by atoms with Crippen LogP contribution < -0.4 is 10.1 Å².